The highest BCUT2D eigenvalue weighted by atomic mass is 35.5. The zero-order valence-electron chi connectivity index (χ0n) is 17.7. The van der Waals surface area contributed by atoms with Gasteiger partial charge in [0.15, 0.2) is 0 Å². The number of benzene rings is 1. The minimum atomic E-state index is -0.949. The van der Waals surface area contributed by atoms with Gasteiger partial charge in [-0.05, 0) is 42.3 Å². The molecule has 0 unspecified atom stereocenters. The van der Waals surface area contributed by atoms with Crippen LogP contribution < -0.4 is 4.90 Å². The van der Waals surface area contributed by atoms with E-state index in [0.717, 1.165) is 22.5 Å². The van der Waals surface area contributed by atoms with Gasteiger partial charge in [-0.25, -0.2) is 9.37 Å². The summed E-state index contributed by atoms with van der Waals surface area (Å²) in [5.41, 5.74) is 3.09. The second-order valence-electron chi connectivity index (χ2n) is 7.66. The fourth-order valence-electron chi connectivity index (χ4n) is 3.80. The molecule has 1 aromatic carbocycles. The van der Waals surface area contributed by atoms with Crippen molar-refractivity contribution in [3.8, 4) is 22.4 Å². The lowest BCUT2D eigenvalue weighted by atomic mass is 9.99. The molecule has 1 saturated heterocycles. The van der Waals surface area contributed by atoms with Crippen LogP contribution >= 0.6 is 11.6 Å². The number of aliphatic hydroxyl groups is 1. The van der Waals surface area contributed by atoms with Crippen LogP contribution in [-0.4, -0.2) is 58.2 Å². The largest absolute Gasteiger partial charge is 0.383 e. The number of aromatic nitrogens is 2. The molecular formula is C24H24ClFN4O2. The molecule has 0 saturated carbocycles. The van der Waals surface area contributed by atoms with Gasteiger partial charge in [-0.15, -0.1) is 0 Å². The van der Waals surface area contributed by atoms with Crippen LogP contribution in [0.25, 0.3) is 22.4 Å². The molecule has 1 N–H and O–H groups in total. The smallest absolute Gasteiger partial charge is 0.251 e. The van der Waals surface area contributed by atoms with Crippen molar-refractivity contribution < 1.29 is 14.3 Å². The van der Waals surface area contributed by atoms with Crippen LogP contribution in [0.2, 0.25) is 5.02 Å². The maximum atomic E-state index is 13.5. The molecule has 166 valence electrons. The van der Waals surface area contributed by atoms with Crippen molar-refractivity contribution in [1.82, 2.24) is 14.9 Å². The van der Waals surface area contributed by atoms with Gasteiger partial charge in [-0.1, -0.05) is 30.7 Å². The summed E-state index contributed by atoms with van der Waals surface area (Å²) in [6.45, 7) is 4.03. The van der Waals surface area contributed by atoms with Crippen molar-refractivity contribution in [3.05, 3.63) is 65.7 Å². The summed E-state index contributed by atoms with van der Waals surface area (Å²) in [7, 11) is 0. The highest BCUT2D eigenvalue weighted by molar-refractivity contribution is 6.33. The van der Waals surface area contributed by atoms with Crippen LogP contribution in [0.1, 0.15) is 13.3 Å². The molecule has 3 heterocycles. The number of halogens is 2. The first-order chi connectivity index (χ1) is 15.5. The van der Waals surface area contributed by atoms with Gasteiger partial charge in [-0.2, -0.15) is 0 Å². The molecule has 1 atom stereocenters. The molecule has 3 aromatic rings. The van der Waals surface area contributed by atoms with Crippen molar-refractivity contribution in [2.45, 2.75) is 19.4 Å². The van der Waals surface area contributed by atoms with Crippen LogP contribution in [0.5, 0.6) is 0 Å². The Kier molecular flexibility index (Phi) is 6.67. The van der Waals surface area contributed by atoms with Crippen molar-refractivity contribution in [1.29, 1.82) is 0 Å². The minimum Gasteiger partial charge on any atom is -0.383 e. The first kappa shape index (κ1) is 22.2. The molecule has 2 aromatic heterocycles. The lowest BCUT2D eigenvalue weighted by Crippen LogP contribution is -2.51. The van der Waals surface area contributed by atoms with E-state index in [4.69, 9.17) is 16.6 Å². The average molecular weight is 455 g/mol. The second kappa shape index (κ2) is 9.63. The Balaban J connectivity index is 1.65. The number of hydrogen-bond donors (Lipinski definition) is 1. The van der Waals surface area contributed by atoms with Gasteiger partial charge in [-0.3, -0.25) is 9.78 Å². The lowest BCUT2D eigenvalue weighted by molar-refractivity contribution is -0.140. The summed E-state index contributed by atoms with van der Waals surface area (Å²) < 4.78 is 13.5. The third-order valence-corrected chi connectivity index (χ3v) is 5.95. The molecule has 1 aliphatic rings. The van der Waals surface area contributed by atoms with Gasteiger partial charge >= 0.3 is 0 Å². The molecule has 8 heteroatoms. The Morgan fingerprint density at radius 3 is 2.47 bits per heavy atom. The standard InChI is InChI=1S/C24H24ClFN4O2/c1-2-21(31)24(32)30-13-11-29(12-14-30)22-8-7-18(16-3-5-17(26)6-4-16)23(28-22)19-9-10-27-15-20(19)25/h3-10,15,21,31H,2,11-14H2,1H3/t21-/m0/s1. The van der Waals surface area contributed by atoms with E-state index in [2.05, 4.69) is 9.88 Å². The highest BCUT2D eigenvalue weighted by Crippen LogP contribution is 2.36. The Labute approximate surface area is 191 Å². The summed E-state index contributed by atoms with van der Waals surface area (Å²) in [5.74, 6) is 0.236. The van der Waals surface area contributed by atoms with Crippen molar-refractivity contribution >= 4 is 23.3 Å². The van der Waals surface area contributed by atoms with Crippen molar-refractivity contribution in [2.75, 3.05) is 31.1 Å². The maximum absolute atomic E-state index is 13.5. The molecule has 0 spiro atoms. The third-order valence-electron chi connectivity index (χ3n) is 5.65. The number of aliphatic hydroxyl groups excluding tert-OH is 1. The van der Waals surface area contributed by atoms with Gasteiger partial charge in [0.1, 0.15) is 17.7 Å². The van der Waals surface area contributed by atoms with Gasteiger partial charge in [0, 0.05) is 49.7 Å². The molecular weight excluding hydrogens is 431 g/mol. The van der Waals surface area contributed by atoms with Crippen molar-refractivity contribution in [3.63, 3.8) is 0 Å². The number of amides is 1. The van der Waals surface area contributed by atoms with E-state index in [9.17, 15) is 14.3 Å². The Bertz CT molecular complexity index is 1100. The van der Waals surface area contributed by atoms with Gasteiger partial charge in [0.2, 0.25) is 0 Å². The molecule has 0 aliphatic carbocycles. The molecule has 1 aliphatic heterocycles. The Morgan fingerprint density at radius 2 is 1.81 bits per heavy atom. The van der Waals surface area contributed by atoms with Gasteiger partial charge < -0.3 is 14.9 Å². The quantitative estimate of drug-likeness (QED) is 0.630. The van der Waals surface area contributed by atoms with E-state index in [-0.39, 0.29) is 11.7 Å². The Hall–Kier alpha value is -3.03. The normalized spacial score (nSPS) is 15.0. The number of pyridine rings is 2. The molecule has 0 radical (unpaired) electrons. The molecule has 0 bridgehead atoms. The van der Waals surface area contributed by atoms with E-state index >= 15 is 0 Å². The number of rotatable bonds is 5. The predicted molar refractivity (Wildman–Crippen MR) is 123 cm³/mol. The number of nitrogens with zero attached hydrogens (tertiary/aromatic N) is 4. The minimum absolute atomic E-state index is 0.226. The van der Waals surface area contributed by atoms with Crippen LogP contribution in [0, 0.1) is 5.82 Å². The summed E-state index contributed by atoms with van der Waals surface area (Å²) in [5, 5.41) is 10.3. The monoisotopic (exact) mass is 454 g/mol. The SMILES string of the molecule is CC[C@H](O)C(=O)N1CCN(c2ccc(-c3ccc(F)cc3)c(-c3ccncc3Cl)n2)CC1. The molecule has 6 nitrogen and oxygen atoms in total. The van der Waals surface area contributed by atoms with Crippen LogP contribution in [-0.2, 0) is 4.79 Å². The number of anilines is 1. The summed E-state index contributed by atoms with van der Waals surface area (Å²) in [6.07, 6.45) is 2.69. The van der Waals surface area contributed by atoms with Crippen LogP contribution in [0.3, 0.4) is 0 Å². The summed E-state index contributed by atoms with van der Waals surface area (Å²) >= 11 is 6.43. The molecule has 1 fully saturated rings. The molecule has 1 amide bonds. The second-order valence-corrected chi connectivity index (χ2v) is 8.07. The Morgan fingerprint density at radius 1 is 1.09 bits per heavy atom. The zero-order chi connectivity index (χ0) is 22.7. The van der Waals surface area contributed by atoms with Gasteiger partial charge in [0.05, 0.1) is 10.7 Å². The number of carbonyl (C=O) groups excluding carboxylic acids is 1. The number of piperazine rings is 1. The van der Waals surface area contributed by atoms with Gasteiger partial charge in [0.25, 0.3) is 5.91 Å². The van der Waals surface area contributed by atoms with Crippen LogP contribution in [0.4, 0.5) is 10.2 Å². The van der Waals surface area contributed by atoms with Crippen molar-refractivity contribution in [2.24, 2.45) is 0 Å². The van der Waals surface area contributed by atoms with E-state index in [1.165, 1.54) is 12.1 Å². The number of hydrogen-bond acceptors (Lipinski definition) is 5. The first-order valence-electron chi connectivity index (χ1n) is 10.6. The predicted octanol–water partition coefficient (Wildman–Crippen LogP) is 4.02. The summed E-state index contributed by atoms with van der Waals surface area (Å²) in [4.78, 5) is 25.0. The number of carbonyl (C=O) groups is 1. The third kappa shape index (κ3) is 4.59. The molecule has 32 heavy (non-hydrogen) atoms. The lowest BCUT2D eigenvalue weighted by Gasteiger charge is -2.36. The summed E-state index contributed by atoms with van der Waals surface area (Å²) in [6, 6.07) is 12.0. The first-order valence-corrected chi connectivity index (χ1v) is 10.9. The van der Waals surface area contributed by atoms with E-state index < -0.39 is 6.10 Å². The maximum Gasteiger partial charge on any atom is 0.251 e. The average Bonchev–Trinajstić information content (AvgIpc) is 2.84. The highest BCUT2D eigenvalue weighted by Gasteiger charge is 2.26. The fraction of sp³-hybridized carbons (Fsp3) is 0.292. The zero-order valence-corrected chi connectivity index (χ0v) is 18.5. The van der Waals surface area contributed by atoms with E-state index in [1.54, 1.807) is 36.4 Å². The molecule has 4 rings (SSSR count). The fourth-order valence-corrected chi connectivity index (χ4v) is 4.01. The van der Waals surface area contributed by atoms with E-state index in [0.29, 0.717) is 43.3 Å². The topological polar surface area (TPSA) is 69.6 Å². The van der Waals surface area contributed by atoms with E-state index in [1.807, 2.05) is 18.2 Å². The van der Waals surface area contributed by atoms with Crippen LogP contribution in [0.15, 0.2) is 54.9 Å².